The fraction of sp³-hybridized carbons (Fsp3) is 0.667. The molecule has 154 valence electrons. The average molecular weight is 529 g/mol. The molecule has 1 aromatic rings. The maximum atomic E-state index is 6.11. The molecule has 1 aromatic heterocycles. The van der Waals surface area contributed by atoms with Gasteiger partial charge in [0.25, 0.3) is 0 Å². The van der Waals surface area contributed by atoms with Gasteiger partial charge in [-0.25, -0.2) is 4.98 Å². The van der Waals surface area contributed by atoms with E-state index in [4.69, 9.17) is 23.2 Å². The Labute approximate surface area is 189 Å². The summed E-state index contributed by atoms with van der Waals surface area (Å²) < 4.78 is 0. The number of anilines is 1. The molecule has 6 nitrogen and oxygen atoms in total. The molecule has 0 spiro atoms. The number of guanidine groups is 1. The summed E-state index contributed by atoms with van der Waals surface area (Å²) in [6, 6.07) is 2.77. The van der Waals surface area contributed by atoms with Crippen molar-refractivity contribution < 1.29 is 0 Å². The predicted octanol–water partition coefficient (Wildman–Crippen LogP) is 3.85. The molecule has 0 atom stereocenters. The molecule has 2 heterocycles. The molecule has 0 unspecified atom stereocenters. The van der Waals surface area contributed by atoms with Crippen LogP contribution in [-0.4, -0.2) is 60.7 Å². The normalized spacial score (nSPS) is 16.1. The number of aliphatic imine (C=N–C) groups is 1. The number of rotatable bonds is 7. The lowest BCUT2D eigenvalue weighted by Gasteiger charge is -2.35. The van der Waals surface area contributed by atoms with Crippen LogP contribution in [0, 0.1) is 0 Å². The summed E-state index contributed by atoms with van der Waals surface area (Å²) in [5, 5.41) is 11.1. The van der Waals surface area contributed by atoms with Crippen molar-refractivity contribution in [2.75, 3.05) is 38.0 Å². The molecule has 0 saturated carbocycles. The van der Waals surface area contributed by atoms with Crippen LogP contribution in [0.5, 0.6) is 0 Å². The highest BCUT2D eigenvalue weighted by Crippen LogP contribution is 2.22. The third-order valence-corrected chi connectivity index (χ3v) is 4.92. The molecule has 2 rings (SSSR count). The van der Waals surface area contributed by atoms with Crippen LogP contribution in [0.4, 0.5) is 5.82 Å². The molecular weight excluding hydrogens is 498 g/mol. The summed E-state index contributed by atoms with van der Waals surface area (Å²) in [6.07, 6.45) is 3.87. The van der Waals surface area contributed by atoms with E-state index in [1.807, 2.05) is 0 Å². The van der Waals surface area contributed by atoms with Crippen LogP contribution in [0.1, 0.15) is 33.6 Å². The molecule has 0 radical (unpaired) electrons. The number of nitrogens with one attached hydrogen (secondary N) is 3. The van der Waals surface area contributed by atoms with Crippen molar-refractivity contribution in [1.82, 2.24) is 20.5 Å². The molecule has 1 aliphatic heterocycles. The highest BCUT2D eigenvalue weighted by Gasteiger charge is 2.21. The number of hydrogen-bond acceptors (Lipinski definition) is 4. The lowest BCUT2D eigenvalue weighted by molar-refractivity contribution is 0.167. The second-order valence-electron chi connectivity index (χ2n) is 6.72. The van der Waals surface area contributed by atoms with E-state index >= 15 is 0 Å². The summed E-state index contributed by atoms with van der Waals surface area (Å²) in [5.74, 6) is 1.50. The van der Waals surface area contributed by atoms with Gasteiger partial charge in [-0.15, -0.1) is 24.0 Å². The van der Waals surface area contributed by atoms with Crippen molar-refractivity contribution in [3.05, 3.63) is 22.3 Å². The fourth-order valence-corrected chi connectivity index (χ4v) is 3.41. The Hall–Kier alpha value is -0.510. The maximum absolute atomic E-state index is 6.11. The first kappa shape index (κ1) is 24.5. The van der Waals surface area contributed by atoms with Crippen LogP contribution in [0.2, 0.25) is 10.0 Å². The van der Waals surface area contributed by atoms with Crippen molar-refractivity contribution in [3.63, 3.8) is 0 Å². The fourth-order valence-electron chi connectivity index (χ4n) is 2.96. The van der Waals surface area contributed by atoms with Crippen molar-refractivity contribution >= 4 is 59.0 Å². The van der Waals surface area contributed by atoms with Crippen LogP contribution in [0.3, 0.4) is 0 Å². The van der Waals surface area contributed by atoms with Gasteiger partial charge >= 0.3 is 0 Å². The van der Waals surface area contributed by atoms with E-state index in [2.05, 4.69) is 51.6 Å². The molecule has 3 N–H and O–H groups in total. The van der Waals surface area contributed by atoms with E-state index in [1.54, 1.807) is 12.3 Å². The van der Waals surface area contributed by atoms with Crippen LogP contribution in [0.15, 0.2) is 17.3 Å². The van der Waals surface area contributed by atoms with Crippen LogP contribution in [-0.2, 0) is 0 Å². The van der Waals surface area contributed by atoms with Gasteiger partial charge in [-0.05, 0) is 39.7 Å². The molecule has 1 aliphatic rings. The summed E-state index contributed by atoms with van der Waals surface area (Å²) in [7, 11) is 0. The number of piperidine rings is 1. The van der Waals surface area contributed by atoms with Crippen molar-refractivity contribution in [3.8, 4) is 0 Å². The molecule has 1 fully saturated rings. The molecule has 1 saturated heterocycles. The minimum atomic E-state index is 0. The van der Waals surface area contributed by atoms with E-state index < -0.39 is 0 Å². The van der Waals surface area contributed by atoms with Gasteiger partial charge in [0.15, 0.2) is 5.96 Å². The van der Waals surface area contributed by atoms with Crippen molar-refractivity contribution in [1.29, 1.82) is 0 Å². The maximum Gasteiger partial charge on any atom is 0.191 e. The quantitative estimate of drug-likeness (QED) is 0.217. The average Bonchev–Trinajstić information content (AvgIpc) is 2.60. The molecule has 0 aromatic carbocycles. The Morgan fingerprint density at radius 3 is 2.63 bits per heavy atom. The standard InChI is InChI=1S/C18H30Cl2N6.HI/c1-4-21-18(25-15-5-9-26(10-6-15)13(2)3)23-8-7-22-17-16(20)11-14(19)12-24-17;/h11-13,15H,4-10H2,1-3H3,(H,22,24)(H2,21,23,25);1H. The molecular formula is C18H31Cl2IN6. The topological polar surface area (TPSA) is 64.6 Å². The Bertz CT molecular complexity index is 591. The van der Waals surface area contributed by atoms with E-state index in [0.29, 0.717) is 41.0 Å². The molecule has 27 heavy (non-hydrogen) atoms. The molecule has 0 bridgehead atoms. The summed E-state index contributed by atoms with van der Waals surface area (Å²) in [4.78, 5) is 11.4. The third-order valence-electron chi connectivity index (χ3n) is 4.43. The number of hydrogen-bond donors (Lipinski definition) is 3. The lowest BCUT2D eigenvalue weighted by atomic mass is 10.0. The Morgan fingerprint density at radius 2 is 2.04 bits per heavy atom. The SMILES string of the molecule is CCNC(=NCCNc1ncc(Cl)cc1Cl)NC1CCN(C(C)C)CC1.I. The zero-order valence-corrected chi connectivity index (χ0v) is 20.1. The Balaban J connectivity index is 0.00000364. The number of nitrogens with zero attached hydrogens (tertiary/aromatic N) is 3. The number of pyridine rings is 1. The first-order valence-corrected chi connectivity index (χ1v) is 10.1. The summed E-state index contributed by atoms with van der Waals surface area (Å²) in [5.41, 5.74) is 0. The number of aromatic nitrogens is 1. The highest BCUT2D eigenvalue weighted by molar-refractivity contribution is 14.0. The predicted molar refractivity (Wildman–Crippen MR) is 127 cm³/mol. The monoisotopic (exact) mass is 528 g/mol. The first-order valence-electron chi connectivity index (χ1n) is 9.33. The van der Waals surface area contributed by atoms with E-state index in [1.165, 1.54) is 0 Å². The van der Waals surface area contributed by atoms with Gasteiger partial charge < -0.3 is 20.9 Å². The third kappa shape index (κ3) is 8.58. The minimum absolute atomic E-state index is 0. The van der Waals surface area contributed by atoms with Gasteiger partial charge in [0.05, 0.1) is 16.6 Å². The first-order chi connectivity index (χ1) is 12.5. The number of likely N-dealkylation sites (tertiary alicyclic amines) is 1. The van der Waals surface area contributed by atoms with Crippen molar-refractivity contribution in [2.24, 2.45) is 4.99 Å². The Morgan fingerprint density at radius 1 is 1.33 bits per heavy atom. The second-order valence-corrected chi connectivity index (χ2v) is 7.56. The van der Waals surface area contributed by atoms with Crippen LogP contribution < -0.4 is 16.0 Å². The van der Waals surface area contributed by atoms with Gasteiger partial charge in [-0.2, -0.15) is 0 Å². The molecule has 0 aliphatic carbocycles. The summed E-state index contributed by atoms with van der Waals surface area (Å²) >= 11 is 12.0. The largest absolute Gasteiger partial charge is 0.367 e. The molecule has 0 amide bonds. The van der Waals surface area contributed by atoms with Crippen LogP contribution >= 0.6 is 47.2 Å². The van der Waals surface area contributed by atoms with Gasteiger partial charge in [0.1, 0.15) is 5.82 Å². The van der Waals surface area contributed by atoms with E-state index in [9.17, 15) is 0 Å². The van der Waals surface area contributed by atoms with Gasteiger partial charge in [-0.1, -0.05) is 23.2 Å². The Kier molecular flexibility index (Phi) is 11.7. The van der Waals surface area contributed by atoms with E-state index in [0.717, 1.165) is 38.4 Å². The molecule has 9 heteroatoms. The second kappa shape index (κ2) is 12.9. The zero-order valence-electron chi connectivity index (χ0n) is 16.3. The zero-order chi connectivity index (χ0) is 18.9. The smallest absolute Gasteiger partial charge is 0.191 e. The highest BCUT2D eigenvalue weighted by atomic mass is 127. The van der Waals surface area contributed by atoms with Crippen LogP contribution in [0.25, 0.3) is 0 Å². The lowest BCUT2D eigenvalue weighted by Crippen LogP contribution is -2.50. The van der Waals surface area contributed by atoms with Gasteiger partial charge in [-0.3, -0.25) is 4.99 Å². The summed E-state index contributed by atoms with van der Waals surface area (Å²) in [6.45, 7) is 11.0. The number of halogens is 3. The van der Waals surface area contributed by atoms with Gasteiger partial charge in [0, 0.05) is 44.5 Å². The van der Waals surface area contributed by atoms with Crippen molar-refractivity contribution in [2.45, 2.75) is 45.7 Å². The minimum Gasteiger partial charge on any atom is -0.367 e. The van der Waals surface area contributed by atoms with E-state index in [-0.39, 0.29) is 24.0 Å². The van der Waals surface area contributed by atoms with Gasteiger partial charge in [0.2, 0.25) is 0 Å².